The van der Waals surface area contributed by atoms with E-state index in [1.165, 1.54) is 11.3 Å². The standard InChI is InChI=1S/C7H5NO2S/c8-3-5-1-6(11-4-5)2-7(9)10/h1,4H,2H2,(H,9,10). The molecule has 0 spiro atoms. The van der Waals surface area contributed by atoms with Crippen LogP contribution in [0.2, 0.25) is 0 Å². The molecule has 1 aromatic rings. The zero-order valence-corrected chi connectivity index (χ0v) is 6.39. The van der Waals surface area contributed by atoms with Crippen LogP contribution >= 0.6 is 11.3 Å². The molecule has 0 aromatic carbocycles. The summed E-state index contributed by atoms with van der Waals surface area (Å²) in [4.78, 5) is 10.9. The summed E-state index contributed by atoms with van der Waals surface area (Å²) in [7, 11) is 0. The van der Waals surface area contributed by atoms with Gasteiger partial charge < -0.3 is 5.11 Å². The second-order valence-corrected chi connectivity index (χ2v) is 2.98. The lowest BCUT2D eigenvalue weighted by Crippen LogP contribution is -1.97. The average Bonchev–Trinajstić information content (AvgIpc) is 2.34. The molecule has 0 bridgehead atoms. The lowest BCUT2D eigenvalue weighted by atomic mass is 10.3. The van der Waals surface area contributed by atoms with E-state index >= 15 is 0 Å². The Bertz CT molecular complexity index is 310. The Hall–Kier alpha value is -1.34. The van der Waals surface area contributed by atoms with Gasteiger partial charge in [0.15, 0.2) is 0 Å². The molecule has 4 heteroatoms. The van der Waals surface area contributed by atoms with Crippen molar-refractivity contribution in [2.24, 2.45) is 0 Å². The van der Waals surface area contributed by atoms with E-state index in [4.69, 9.17) is 10.4 Å². The van der Waals surface area contributed by atoms with E-state index in [2.05, 4.69) is 0 Å². The number of thiophene rings is 1. The first-order valence-corrected chi connectivity index (χ1v) is 3.79. The molecule has 0 saturated carbocycles. The van der Waals surface area contributed by atoms with E-state index in [9.17, 15) is 4.79 Å². The molecule has 1 N–H and O–H groups in total. The number of carboxylic acid groups (broad SMARTS) is 1. The summed E-state index contributed by atoms with van der Waals surface area (Å²) in [6.07, 6.45) is 0.00630. The molecular weight excluding hydrogens is 162 g/mol. The summed E-state index contributed by atoms with van der Waals surface area (Å²) in [5.74, 6) is -0.865. The smallest absolute Gasteiger partial charge is 0.308 e. The van der Waals surface area contributed by atoms with E-state index in [0.29, 0.717) is 10.4 Å². The van der Waals surface area contributed by atoms with Gasteiger partial charge in [0.05, 0.1) is 12.0 Å². The van der Waals surface area contributed by atoms with Crippen molar-refractivity contribution >= 4 is 17.3 Å². The molecule has 0 unspecified atom stereocenters. The Morgan fingerprint density at radius 1 is 1.82 bits per heavy atom. The summed E-state index contributed by atoms with van der Waals surface area (Å²) in [5.41, 5.74) is 0.534. The molecule has 0 aliphatic heterocycles. The van der Waals surface area contributed by atoms with E-state index in [-0.39, 0.29) is 6.42 Å². The first kappa shape index (κ1) is 7.76. The van der Waals surface area contributed by atoms with E-state index in [0.717, 1.165) is 0 Å². The molecular formula is C7H5NO2S. The van der Waals surface area contributed by atoms with Crippen molar-refractivity contribution in [2.45, 2.75) is 6.42 Å². The highest BCUT2D eigenvalue weighted by molar-refractivity contribution is 7.10. The number of aliphatic carboxylic acids is 1. The summed E-state index contributed by atoms with van der Waals surface area (Å²) in [6, 6.07) is 3.53. The second-order valence-electron chi connectivity index (χ2n) is 1.98. The monoisotopic (exact) mass is 167 g/mol. The Labute approximate surface area is 67.5 Å². The molecule has 0 atom stereocenters. The van der Waals surface area contributed by atoms with Crippen LogP contribution in [0.15, 0.2) is 11.4 Å². The van der Waals surface area contributed by atoms with Crippen LogP contribution in [0, 0.1) is 11.3 Å². The number of carbonyl (C=O) groups is 1. The third kappa shape index (κ3) is 2.06. The maximum Gasteiger partial charge on any atom is 0.308 e. The van der Waals surface area contributed by atoms with Crippen molar-refractivity contribution in [1.29, 1.82) is 5.26 Å². The normalized spacial score (nSPS) is 9.00. The predicted octanol–water partition coefficient (Wildman–Crippen LogP) is 1.25. The minimum Gasteiger partial charge on any atom is -0.481 e. The lowest BCUT2D eigenvalue weighted by Gasteiger charge is -1.85. The van der Waals surface area contributed by atoms with Gasteiger partial charge in [-0.1, -0.05) is 0 Å². The van der Waals surface area contributed by atoms with Crippen LogP contribution in [-0.2, 0) is 11.2 Å². The minimum absolute atomic E-state index is 0.00630. The molecule has 0 radical (unpaired) electrons. The van der Waals surface area contributed by atoms with Crippen LogP contribution < -0.4 is 0 Å². The quantitative estimate of drug-likeness (QED) is 0.721. The zero-order chi connectivity index (χ0) is 8.27. The third-order valence-electron chi connectivity index (χ3n) is 1.11. The molecule has 1 heterocycles. The molecule has 0 amide bonds. The number of carboxylic acids is 1. The molecule has 0 aliphatic carbocycles. The fourth-order valence-electron chi connectivity index (χ4n) is 0.681. The van der Waals surface area contributed by atoms with Crippen molar-refractivity contribution in [3.63, 3.8) is 0 Å². The molecule has 1 aromatic heterocycles. The van der Waals surface area contributed by atoms with Crippen LogP contribution in [0.1, 0.15) is 10.4 Å². The number of rotatable bonds is 2. The summed E-state index contributed by atoms with van der Waals surface area (Å²) < 4.78 is 0. The van der Waals surface area contributed by atoms with Gasteiger partial charge in [-0.3, -0.25) is 4.79 Å². The average molecular weight is 167 g/mol. The van der Waals surface area contributed by atoms with Crippen LogP contribution in [0.5, 0.6) is 0 Å². The van der Waals surface area contributed by atoms with E-state index < -0.39 is 5.97 Å². The van der Waals surface area contributed by atoms with Gasteiger partial charge in [-0.25, -0.2) is 0 Å². The second kappa shape index (κ2) is 3.17. The van der Waals surface area contributed by atoms with Crippen LogP contribution in [-0.4, -0.2) is 11.1 Å². The SMILES string of the molecule is N#Cc1csc(CC(=O)O)c1. The Morgan fingerprint density at radius 2 is 2.55 bits per heavy atom. The van der Waals surface area contributed by atoms with Crippen molar-refractivity contribution in [2.75, 3.05) is 0 Å². The maximum absolute atomic E-state index is 10.2. The van der Waals surface area contributed by atoms with Gasteiger partial charge in [0.1, 0.15) is 6.07 Å². The predicted molar refractivity (Wildman–Crippen MR) is 40.4 cm³/mol. The minimum atomic E-state index is -0.865. The van der Waals surface area contributed by atoms with Crippen molar-refractivity contribution in [3.8, 4) is 6.07 Å². The Balaban J connectivity index is 2.75. The van der Waals surface area contributed by atoms with Gasteiger partial charge in [0, 0.05) is 10.3 Å². The van der Waals surface area contributed by atoms with Gasteiger partial charge in [-0.05, 0) is 6.07 Å². The fourth-order valence-corrected chi connectivity index (χ4v) is 1.48. The highest BCUT2D eigenvalue weighted by Crippen LogP contribution is 2.13. The maximum atomic E-state index is 10.2. The number of hydrogen-bond donors (Lipinski definition) is 1. The third-order valence-corrected chi connectivity index (χ3v) is 2.05. The summed E-state index contributed by atoms with van der Waals surface area (Å²) in [5, 5.41) is 18.4. The van der Waals surface area contributed by atoms with Gasteiger partial charge in [-0.15, -0.1) is 11.3 Å². The summed E-state index contributed by atoms with van der Waals surface area (Å²) >= 11 is 1.30. The van der Waals surface area contributed by atoms with Crippen molar-refractivity contribution < 1.29 is 9.90 Å². The van der Waals surface area contributed by atoms with Gasteiger partial charge in [-0.2, -0.15) is 5.26 Å². The number of hydrogen-bond acceptors (Lipinski definition) is 3. The highest BCUT2D eigenvalue weighted by Gasteiger charge is 2.02. The fraction of sp³-hybridized carbons (Fsp3) is 0.143. The van der Waals surface area contributed by atoms with E-state index in [1.807, 2.05) is 6.07 Å². The van der Waals surface area contributed by atoms with Crippen molar-refractivity contribution in [3.05, 3.63) is 21.9 Å². The zero-order valence-electron chi connectivity index (χ0n) is 5.57. The number of nitrogens with zero attached hydrogens (tertiary/aromatic N) is 1. The first-order valence-electron chi connectivity index (χ1n) is 2.91. The van der Waals surface area contributed by atoms with Crippen LogP contribution in [0.3, 0.4) is 0 Å². The summed E-state index contributed by atoms with van der Waals surface area (Å²) in [6.45, 7) is 0. The number of nitriles is 1. The van der Waals surface area contributed by atoms with Gasteiger partial charge in [0.2, 0.25) is 0 Å². The Morgan fingerprint density at radius 3 is 3.00 bits per heavy atom. The molecule has 0 saturated heterocycles. The molecule has 3 nitrogen and oxygen atoms in total. The van der Waals surface area contributed by atoms with Gasteiger partial charge in [0.25, 0.3) is 0 Å². The molecule has 0 fully saturated rings. The lowest BCUT2D eigenvalue weighted by molar-refractivity contribution is -0.136. The largest absolute Gasteiger partial charge is 0.481 e. The van der Waals surface area contributed by atoms with Crippen LogP contribution in [0.25, 0.3) is 0 Å². The molecule has 1 rings (SSSR count). The highest BCUT2D eigenvalue weighted by atomic mass is 32.1. The molecule has 0 aliphatic rings. The topological polar surface area (TPSA) is 61.1 Å². The van der Waals surface area contributed by atoms with Gasteiger partial charge >= 0.3 is 5.97 Å². The van der Waals surface area contributed by atoms with Crippen molar-refractivity contribution in [1.82, 2.24) is 0 Å². The first-order chi connectivity index (χ1) is 5.22. The van der Waals surface area contributed by atoms with Crippen LogP contribution in [0.4, 0.5) is 0 Å². The van der Waals surface area contributed by atoms with E-state index in [1.54, 1.807) is 11.4 Å². The Kier molecular flexibility index (Phi) is 2.24. The molecule has 11 heavy (non-hydrogen) atoms. The molecule has 56 valence electrons.